The van der Waals surface area contributed by atoms with Gasteiger partial charge in [-0.2, -0.15) is 0 Å². The molecule has 136 valence electrons. The standard InChI is InChI=1S/C15H16N6O4S/c1-19-12(16)11(13(23)20(2)15(19)24)10(22)7-26-14-18-17-8-21(14)6-9-4-3-5-25-9/h3-5,8H,6-7,16H2,1-2H3. The van der Waals surface area contributed by atoms with Gasteiger partial charge in [-0.05, 0) is 12.1 Å². The van der Waals surface area contributed by atoms with Crippen LogP contribution in [0.15, 0.2) is 43.9 Å². The second-order valence-electron chi connectivity index (χ2n) is 5.50. The maximum absolute atomic E-state index is 12.5. The Morgan fingerprint density at radius 2 is 2.08 bits per heavy atom. The zero-order valence-corrected chi connectivity index (χ0v) is 14.9. The third kappa shape index (κ3) is 3.20. The maximum atomic E-state index is 12.5. The molecule has 26 heavy (non-hydrogen) atoms. The number of furan rings is 1. The van der Waals surface area contributed by atoms with E-state index in [-0.39, 0.29) is 17.1 Å². The van der Waals surface area contributed by atoms with Gasteiger partial charge in [-0.15, -0.1) is 10.2 Å². The summed E-state index contributed by atoms with van der Waals surface area (Å²) in [7, 11) is 2.70. The molecule has 11 heteroatoms. The molecule has 2 N–H and O–H groups in total. The van der Waals surface area contributed by atoms with Crippen LogP contribution in [0.25, 0.3) is 0 Å². The monoisotopic (exact) mass is 376 g/mol. The largest absolute Gasteiger partial charge is 0.467 e. The molecule has 3 aromatic rings. The van der Waals surface area contributed by atoms with Crippen LogP contribution < -0.4 is 17.0 Å². The van der Waals surface area contributed by atoms with Gasteiger partial charge in [-0.1, -0.05) is 11.8 Å². The summed E-state index contributed by atoms with van der Waals surface area (Å²) in [5.74, 6) is 0.000231. The first-order valence-electron chi connectivity index (χ1n) is 7.51. The fraction of sp³-hybridized carbons (Fsp3) is 0.267. The van der Waals surface area contributed by atoms with Gasteiger partial charge in [0, 0.05) is 14.1 Å². The lowest BCUT2D eigenvalue weighted by Crippen LogP contribution is -2.41. The van der Waals surface area contributed by atoms with Crippen LogP contribution in [0.4, 0.5) is 5.82 Å². The predicted molar refractivity (Wildman–Crippen MR) is 94.2 cm³/mol. The van der Waals surface area contributed by atoms with Crippen molar-refractivity contribution in [1.82, 2.24) is 23.9 Å². The Hall–Kier alpha value is -3.08. The number of anilines is 1. The summed E-state index contributed by atoms with van der Waals surface area (Å²) in [4.78, 5) is 36.6. The summed E-state index contributed by atoms with van der Waals surface area (Å²) in [5, 5.41) is 8.30. The molecule has 0 aliphatic rings. The quantitative estimate of drug-likeness (QED) is 0.465. The molecule has 0 amide bonds. The van der Waals surface area contributed by atoms with Crippen molar-refractivity contribution in [3.05, 3.63) is 56.9 Å². The van der Waals surface area contributed by atoms with Crippen molar-refractivity contribution in [2.75, 3.05) is 11.5 Å². The lowest BCUT2D eigenvalue weighted by Gasteiger charge is -2.10. The van der Waals surface area contributed by atoms with Gasteiger partial charge in [-0.25, -0.2) is 4.79 Å². The number of nitrogen functional groups attached to an aromatic ring is 1. The molecule has 0 unspecified atom stereocenters. The Balaban J connectivity index is 1.80. The van der Waals surface area contributed by atoms with Crippen LogP contribution in [0.1, 0.15) is 16.1 Å². The molecular formula is C15H16N6O4S. The Bertz CT molecular complexity index is 1060. The number of hydrogen-bond donors (Lipinski definition) is 1. The fourth-order valence-electron chi connectivity index (χ4n) is 2.36. The topological polar surface area (TPSA) is 131 Å². The molecule has 10 nitrogen and oxygen atoms in total. The van der Waals surface area contributed by atoms with E-state index in [9.17, 15) is 14.4 Å². The first kappa shape index (κ1) is 17.7. The van der Waals surface area contributed by atoms with Gasteiger partial charge in [-0.3, -0.25) is 18.7 Å². The van der Waals surface area contributed by atoms with Crippen molar-refractivity contribution < 1.29 is 9.21 Å². The zero-order valence-electron chi connectivity index (χ0n) is 14.1. The summed E-state index contributed by atoms with van der Waals surface area (Å²) in [5.41, 5.74) is 4.29. The van der Waals surface area contributed by atoms with Crippen molar-refractivity contribution in [1.29, 1.82) is 0 Å². The minimum Gasteiger partial charge on any atom is -0.467 e. The van der Waals surface area contributed by atoms with E-state index in [1.807, 2.05) is 6.07 Å². The Morgan fingerprint density at radius 3 is 2.77 bits per heavy atom. The van der Waals surface area contributed by atoms with Crippen molar-refractivity contribution >= 4 is 23.4 Å². The van der Waals surface area contributed by atoms with Crippen molar-refractivity contribution in [2.24, 2.45) is 14.1 Å². The molecular weight excluding hydrogens is 360 g/mol. The highest BCUT2D eigenvalue weighted by molar-refractivity contribution is 7.99. The average molecular weight is 376 g/mol. The highest BCUT2D eigenvalue weighted by Crippen LogP contribution is 2.18. The highest BCUT2D eigenvalue weighted by Gasteiger charge is 2.21. The summed E-state index contributed by atoms with van der Waals surface area (Å²) < 4.78 is 8.92. The van der Waals surface area contributed by atoms with Crippen LogP contribution in [0.5, 0.6) is 0 Å². The minimum atomic E-state index is -0.715. The van der Waals surface area contributed by atoms with E-state index in [2.05, 4.69) is 10.2 Å². The molecule has 3 heterocycles. The van der Waals surface area contributed by atoms with E-state index in [1.165, 1.54) is 20.4 Å². The van der Waals surface area contributed by atoms with Crippen molar-refractivity contribution in [3.63, 3.8) is 0 Å². The molecule has 0 spiro atoms. The van der Waals surface area contributed by atoms with Gasteiger partial charge in [0.15, 0.2) is 10.9 Å². The van der Waals surface area contributed by atoms with Crippen LogP contribution in [0.2, 0.25) is 0 Å². The second-order valence-corrected chi connectivity index (χ2v) is 6.44. The number of thioether (sulfide) groups is 1. The van der Waals surface area contributed by atoms with Crippen LogP contribution in [0.3, 0.4) is 0 Å². The van der Waals surface area contributed by atoms with E-state index < -0.39 is 17.0 Å². The number of aromatic nitrogens is 5. The number of nitrogens with two attached hydrogens (primary N) is 1. The van der Waals surface area contributed by atoms with Gasteiger partial charge in [0.1, 0.15) is 23.5 Å². The van der Waals surface area contributed by atoms with E-state index in [0.717, 1.165) is 20.9 Å². The molecule has 3 rings (SSSR count). The number of Topliss-reactive ketones (excluding diaryl/α,β-unsaturated/α-hetero) is 1. The van der Waals surface area contributed by atoms with E-state index in [1.54, 1.807) is 16.9 Å². The molecule has 0 aliphatic heterocycles. The second kappa shape index (κ2) is 7.04. The van der Waals surface area contributed by atoms with Crippen LogP contribution >= 0.6 is 11.8 Å². The van der Waals surface area contributed by atoms with Gasteiger partial charge >= 0.3 is 5.69 Å². The SMILES string of the molecule is Cn1c(N)c(C(=O)CSc2nncn2Cc2ccco2)c(=O)n(C)c1=O. The molecule has 0 saturated heterocycles. The van der Waals surface area contributed by atoms with Crippen LogP contribution in [-0.2, 0) is 20.6 Å². The number of carbonyl (C=O) groups is 1. The summed E-state index contributed by atoms with van der Waals surface area (Å²) >= 11 is 1.12. The Labute approximate surface area is 151 Å². The molecule has 0 atom stereocenters. The van der Waals surface area contributed by atoms with E-state index >= 15 is 0 Å². The lowest BCUT2D eigenvalue weighted by molar-refractivity contribution is 0.102. The van der Waals surface area contributed by atoms with Gasteiger partial charge < -0.3 is 14.7 Å². The number of hydrogen-bond acceptors (Lipinski definition) is 8. The molecule has 0 radical (unpaired) electrons. The average Bonchev–Trinajstić information content (AvgIpc) is 3.29. The van der Waals surface area contributed by atoms with Crippen molar-refractivity contribution in [2.45, 2.75) is 11.7 Å². The summed E-state index contributed by atoms with van der Waals surface area (Å²) in [6, 6.07) is 3.59. The summed E-state index contributed by atoms with van der Waals surface area (Å²) in [6.45, 7) is 0.417. The smallest absolute Gasteiger partial charge is 0.332 e. The van der Waals surface area contributed by atoms with E-state index in [4.69, 9.17) is 10.2 Å². The van der Waals surface area contributed by atoms with Crippen LogP contribution in [-0.4, -0.2) is 35.4 Å². The molecule has 0 aromatic carbocycles. The normalized spacial score (nSPS) is 11.0. The molecule has 3 aromatic heterocycles. The minimum absolute atomic E-state index is 0.0749. The molecule has 0 bridgehead atoms. The Morgan fingerprint density at radius 1 is 1.31 bits per heavy atom. The number of nitrogens with zero attached hydrogens (tertiary/aromatic N) is 5. The Kier molecular flexibility index (Phi) is 4.80. The maximum Gasteiger partial charge on any atom is 0.332 e. The first-order chi connectivity index (χ1) is 12.4. The molecule has 0 aliphatic carbocycles. The first-order valence-corrected chi connectivity index (χ1v) is 8.50. The molecule has 0 fully saturated rings. The predicted octanol–water partition coefficient (Wildman–Crippen LogP) is -0.126. The summed E-state index contributed by atoms with van der Waals surface area (Å²) in [6.07, 6.45) is 3.09. The number of carbonyl (C=O) groups excluding carboxylic acids is 1. The van der Waals surface area contributed by atoms with E-state index in [0.29, 0.717) is 17.5 Å². The third-order valence-electron chi connectivity index (χ3n) is 3.81. The number of ketones is 1. The highest BCUT2D eigenvalue weighted by atomic mass is 32.2. The van der Waals surface area contributed by atoms with Crippen molar-refractivity contribution in [3.8, 4) is 0 Å². The lowest BCUT2D eigenvalue weighted by atomic mass is 10.2. The van der Waals surface area contributed by atoms with Gasteiger partial charge in [0.25, 0.3) is 5.56 Å². The number of rotatable bonds is 6. The fourth-order valence-corrected chi connectivity index (χ4v) is 3.15. The van der Waals surface area contributed by atoms with Gasteiger partial charge in [0.2, 0.25) is 0 Å². The van der Waals surface area contributed by atoms with Gasteiger partial charge in [0.05, 0.1) is 18.6 Å². The zero-order chi connectivity index (χ0) is 18.8. The third-order valence-corrected chi connectivity index (χ3v) is 4.79. The van der Waals surface area contributed by atoms with Crippen LogP contribution in [0, 0.1) is 0 Å². The molecule has 0 saturated carbocycles.